The molecule has 4 rings (SSSR count). The zero-order valence-corrected chi connectivity index (χ0v) is 17.5. The fourth-order valence-corrected chi connectivity index (χ4v) is 3.16. The van der Waals surface area contributed by atoms with Crippen molar-refractivity contribution in [3.8, 4) is 23.3 Å². The molecular weight excluding hydrogens is 388 g/mol. The molecule has 6 nitrogen and oxygen atoms in total. The van der Waals surface area contributed by atoms with E-state index in [4.69, 9.17) is 10.00 Å². The molecule has 0 atom stereocenters. The maximum atomic E-state index is 12.7. The molecule has 6 heteroatoms. The zero-order valence-electron chi connectivity index (χ0n) is 17.5. The molecule has 0 unspecified atom stereocenters. The number of benzene rings is 2. The maximum absolute atomic E-state index is 12.7. The van der Waals surface area contributed by atoms with Crippen molar-refractivity contribution < 1.29 is 4.74 Å². The van der Waals surface area contributed by atoms with E-state index in [1.165, 1.54) is 0 Å². The van der Waals surface area contributed by atoms with E-state index in [9.17, 15) is 5.21 Å². The summed E-state index contributed by atoms with van der Waals surface area (Å²) in [4.78, 5) is 8.70. The topological polar surface area (TPSA) is 86.8 Å². The van der Waals surface area contributed by atoms with Gasteiger partial charge in [-0.3, -0.25) is 4.98 Å². The fraction of sp³-hybridized carbons (Fsp3) is 0.160. The van der Waals surface area contributed by atoms with Crippen LogP contribution >= 0.6 is 0 Å². The third-order valence-corrected chi connectivity index (χ3v) is 4.53. The number of imidazole rings is 1. The first-order chi connectivity index (χ1) is 14.8. The minimum Gasteiger partial charge on any atom is -0.804 e. The minimum absolute atomic E-state index is 0.212. The van der Waals surface area contributed by atoms with E-state index in [0.717, 1.165) is 21.6 Å². The van der Waals surface area contributed by atoms with Crippen molar-refractivity contribution in [3.63, 3.8) is 0 Å². The molecule has 0 spiro atoms. The van der Waals surface area contributed by atoms with Gasteiger partial charge in [-0.25, -0.2) is 4.98 Å². The lowest BCUT2D eigenvalue weighted by molar-refractivity contribution is 0.131. The third-order valence-electron chi connectivity index (χ3n) is 4.53. The average Bonchev–Trinajstić information content (AvgIpc) is 3.08. The van der Waals surface area contributed by atoms with E-state index >= 15 is 0 Å². The Hall–Kier alpha value is -4.11. The van der Waals surface area contributed by atoms with Crippen LogP contribution in [0.3, 0.4) is 0 Å². The molecule has 0 aliphatic carbocycles. The van der Waals surface area contributed by atoms with Crippen LogP contribution in [0.25, 0.3) is 34.7 Å². The van der Waals surface area contributed by atoms with Gasteiger partial charge in [-0.1, -0.05) is 24.3 Å². The van der Waals surface area contributed by atoms with Gasteiger partial charge < -0.3 is 14.7 Å². The highest BCUT2D eigenvalue weighted by Crippen LogP contribution is 2.25. The molecule has 0 bridgehead atoms. The number of rotatable bonds is 4. The molecule has 0 fully saturated rings. The van der Waals surface area contributed by atoms with Crippen LogP contribution in [0.2, 0.25) is 0 Å². The van der Waals surface area contributed by atoms with E-state index < -0.39 is 0 Å². The van der Waals surface area contributed by atoms with Crippen molar-refractivity contribution in [2.75, 3.05) is 0 Å². The van der Waals surface area contributed by atoms with E-state index in [2.05, 4.69) is 16.0 Å². The highest BCUT2D eigenvalue weighted by Gasteiger charge is 2.11. The van der Waals surface area contributed by atoms with Crippen molar-refractivity contribution >= 4 is 23.2 Å². The largest absolute Gasteiger partial charge is 0.804 e. The lowest BCUT2D eigenvalue weighted by Crippen LogP contribution is -2.22. The average molecular weight is 409 g/mol. The molecule has 4 aromatic rings. The second-order valence-corrected chi connectivity index (χ2v) is 8.14. The number of ether oxygens (including phenoxy) is 1. The van der Waals surface area contributed by atoms with Crippen LogP contribution in [0.5, 0.6) is 5.75 Å². The Kier molecular flexibility index (Phi) is 5.18. The Morgan fingerprint density at radius 3 is 2.45 bits per heavy atom. The molecule has 0 saturated carbocycles. The molecular formula is C25H21N4O2-. The molecule has 0 N–H and O–H groups in total. The smallest absolute Gasteiger partial charge is 0.155 e. The number of hydrogen-bond donors (Lipinski definition) is 0. The predicted molar refractivity (Wildman–Crippen MR) is 122 cm³/mol. The Morgan fingerprint density at radius 1 is 1.00 bits per heavy atom. The second-order valence-electron chi connectivity index (χ2n) is 8.14. The van der Waals surface area contributed by atoms with Gasteiger partial charge in [-0.15, -0.1) is 0 Å². The van der Waals surface area contributed by atoms with Gasteiger partial charge in [-0.05, 0) is 74.4 Å². The van der Waals surface area contributed by atoms with Crippen molar-refractivity contribution in [2.24, 2.45) is 0 Å². The molecule has 31 heavy (non-hydrogen) atoms. The van der Waals surface area contributed by atoms with Gasteiger partial charge in [0.1, 0.15) is 17.0 Å². The van der Waals surface area contributed by atoms with Crippen LogP contribution in [0.1, 0.15) is 37.5 Å². The first-order valence-electron chi connectivity index (χ1n) is 9.86. The van der Waals surface area contributed by atoms with Gasteiger partial charge in [0.2, 0.25) is 0 Å². The molecule has 0 amide bonds. The first-order valence-corrected chi connectivity index (χ1v) is 9.86. The van der Waals surface area contributed by atoms with E-state index in [0.29, 0.717) is 22.3 Å². The number of nitriles is 1. The molecule has 0 saturated heterocycles. The highest BCUT2D eigenvalue weighted by atomic mass is 16.5. The molecule has 0 aliphatic rings. The SMILES string of the molecule is CC(C)(C)Oc1ccc(/C=C/c2ccnc(-c3nc4cc(C#N)ccc4n3[O-])c2)cc1. The maximum Gasteiger partial charge on any atom is 0.155 e. The second kappa shape index (κ2) is 7.96. The Labute approximate surface area is 180 Å². The first kappa shape index (κ1) is 20.2. The minimum atomic E-state index is -0.237. The summed E-state index contributed by atoms with van der Waals surface area (Å²) in [7, 11) is 0. The van der Waals surface area contributed by atoms with E-state index in [-0.39, 0.29) is 11.4 Å². The van der Waals surface area contributed by atoms with Gasteiger partial charge in [0, 0.05) is 6.20 Å². The molecule has 154 valence electrons. The number of fused-ring (bicyclic) bond motifs is 1. The van der Waals surface area contributed by atoms with Crippen molar-refractivity contribution in [2.45, 2.75) is 26.4 Å². The van der Waals surface area contributed by atoms with Crippen LogP contribution in [0.15, 0.2) is 60.8 Å². The molecule has 2 heterocycles. The molecule has 0 aliphatic heterocycles. The van der Waals surface area contributed by atoms with E-state index in [1.54, 1.807) is 24.4 Å². The predicted octanol–water partition coefficient (Wildman–Crippen LogP) is 5.66. The highest BCUT2D eigenvalue weighted by molar-refractivity contribution is 5.82. The lowest BCUT2D eigenvalue weighted by Gasteiger charge is -2.21. The zero-order chi connectivity index (χ0) is 22.0. The number of nitrogens with zero attached hydrogens (tertiary/aromatic N) is 4. The van der Waals surface area contributed by atoms with Gasteiger partial charge >= 0.3 is 0 Å². The number of aromatic nitrogens is 3. The van der Waals surface area contributed by atoms with Crippen molar-refractivity contribution in [3.05, 3.63) is 82.7 Å². The van der Waals surface area contributed by atoms with Crippen LogP contribution in [0, 0.1) is 16.5 Å². The van der Waals surface area contributed by atoms with Crippen LogP contribution in [0.4, 0.5) is 0 Å². The lowest BCUT2D eigenvalue weighted by atomic mass is 10.1. The van der Waals surface area contributed by atoms with Gasteiger partial charge in [0.25, 0.3) is 0 Å². The van der Waals surface area contributed by atoms with Crippen molar-refractivity contribution in [1.82, 2.24) is 14.7 Å². The Bertz CT molecular complexity index is 1310. The van der Waals surface area contributed by atoms with Gasteiger partial charge in [0.15, 0.2) is 5.82 Å². The quantitative estimate of drug-likeness (QED) is 0.434. The standard InChI is InChI=1S/C25H21N4O2/c1-25(2,3)31-20-9-6-17(7-10-20)4-5-18-12-13-27-22(14-18)24-28-21-15-19(16-26)8-11-23(21)29(24)30/h4-15H,1-3H3/q-1/b5-4+. The number of pyridine rings is 1. The van der Waals surface area contributed by atoms with Gasteiger partial charge in [0.05, 0.1) is 22.7 Å². The summed E-state index contributed by atoms with van der Waals surface area (Å²) >= 11 is 0. The molecule has 2 aromatic carbocycles. The fourth-order valence-electron chi connectivity index (χ4n) is 3.16. The van der Waals surface area contributed by atoms with Crippen LogP contribution < -0.4 is 4.74 Å². The van der Waals surface area contributed by atoms with Gasteiger partial charge in [-0.2, -0.15) is 5.26 Å². The Morgan fingerprint density at radius 2 is 1.74 bits per heavy atom. The summed E-state index contributed by atoms with van der Waals surface area (Å²) in [5, 5.41) is 21.7. The summed E-state index contributed by atoms with van der Waals surface area (Å²) in [6, 6.07) is 18.4. The molecule has 2 aromatic heterocycles. The third kappa shape index (κ3) is 4.57. The van der Waals surface area contributed by atoms with Crippen molar-refractivity contribution in [1.29, 1.82) is 5.26 Å². The number of hydrogen-bond acceptors (Lipinski definition) is 5. The summed E-state index contributed by atoms with van der Waals surface area (Å²) < 4.78 is 6.60. The summed E-state index contributed by atoms with van der Waals surface area (Å²) in [6.45, 7) is 6.04. The Balaban J connectivity index is 1.58. The van der Waals surface area contributed by atoms with Crippen LogP contribution in [-0.2, 0) is 0 Å². The normalized spacial score (nSPS) is 11.7. The molecule has 0 radical (unpaired) electrons. The monoisotopic (exact) mass is 409 g/mol. The van der Waals surface area contributed by atoms with Crippen LogP contribution in [-0.4, -0.2) is 20.3 Å². The summed E-state index contributed by atoms with van der Waals surface area (Å²) in [5.41, 5.74) is 3.50. The summed E-state index contributed by atoms with van der Waals surface area (Å²) in [6.07, 6.45) is 5.59. The van der Waals surface area contributed by atoms with E-state index in [1.807, 2.05) is 69.3 Å². The summed E-state index contributed by atoms with van der Waals surface area (Å²) in [5.74, 6) is 1.04.